The van der Waals surface area contributed by atoms with Crippen molar-refractivity contribution in [2.75, 3.05) is 25.1 Å². The van der Waals surface area contributed by atoms with E-state index in [2.05, 4.69) is 16.3 Å². The summed E-state index contributed by atoms with van der Waals surface area (Å²) in [6, 6.07) is 6.36. The predicted molar refractivity (Wildman–Crippen MR) is 96.9 cm³/mol. The Labute approximate surface area is 146 Å². The molecule has 2 fully saturated rings. The van der Waals surface area contributed by atoms with Gasteiger partial charge in [-0.25, -0.2) is 4.98 Å². The number of anilines is 1. The van der Waals surface area contributed by atoms with Crippen molar-refractivity contribution in [3.05, 3.63) is 18.2 Å². The summed E-state index contributed by atoms with van der Waals surface area (Å²) in [6.45, 7) is 1.90. The van der Waals surface area contributed by atoms with Crippen LogP contribution in [0.2, 0.25) is 0 Å². The average Bonchev–Trinajstić information content (AvgIpc) is 2.96. The lowest BCUT2D eigenvalue weighted by Crippen LogP contribution is -2.47. The van der Waals surface area contributed by atoms with Crippen molar-refractivity contribution in [3.63, 3.8) is 0 Å². The second-order valence-corrected chi connectivity index (χ2v) is 7.74. The molecule has 1 saturated heterocycles. The average molecular weight is 345 g/mol. The van der Waals surface area contributed by atoms with Gasteiger partial charge < -0.3 is 15.0 Å². The third kappa shape index (κ3) is 3.07. The van der Waals surface area contributed by atoms with Gasteiger partial charge in [-0.2, -0.15) is 0 Å². The molecule has 2 aromatic rings. The van der Waals surface area contributed by atoms with Crippen LogP contribution in [0.3, 0.4) is 0 Å². The van der Waals surface area contributed by atoms with Crippen LogP contribution in [0, 0.1) is 5.92 Å². The van der Waals surface area contributed by atoms with Gasteiger partial charge in [0.2, 0.25) is 5.91 Å². The number of ether oxygens (including phenoxy) is 1. The molecular formula is C18H23N3O2S. The van der Waals surface area contributed by atoms with Crippen molar-refractivity contribution in [1.29, 1.82) is 0 Å². The molecule has 1 saturated carbocycles. The number of methoxy groups -OCH3 is 1. The highest BCUT2D eigenvalue weighted by Gasteiger charge is 2.28. The van der Waals surface area contributed by atoms with Gasteiger partial charge in [0.25, 0.3) is 0 Å². The predicted octanol–water partition coefficient (Wildman–Crippen LogP) is 3.19. The van der Waals surface area contributed by atoms with Crippen molar-refractivity contribution in [1.82, 2.24) is 10.3 Å². The first-order valence-electron chi connectivity index (χ1n) is 8.73. The fourth-order valence-electron chi connectivity index (χ4n) is 3.36. The van der Waals surface area contributed by atoms with E-state index in [9.17, 15) is 4.79 Å². The minimum atomic E-state index is 0.270. The van der Waals surface area contributed by atoms with Crippen LogP contribution in [0.15, 0.2) is 18.2 Å². The van der Waals surface area contributed by atoms with Gasteiger partial charge >= 0.3 is 0 Å². The zero-order valence-corrected chi connectivity index (χ0v) is 14.8. The second-order valence-electron chi connectivity index (χ2n) is 6.73. The fraction of sp³-hybridized carbons (Fsp3) is 0.556. The molecule has 1 aromatic heterocycles. The topological polar surface area (TPSA) is 54.5 Å². The van der Waals surface area contributed by atoms with Gasteiger partial charge in [0.1, 0.15) is 5.75 Å². The molecule has 4 rings (SSSR count). The third-order valence-electron chi connectivity index (χ3n) is 5.17. The summed E-state index contributed by atoms with van der Waals surface area (Å²) < 4.78 is 6.46. The van der Waals surface area contributed by atoms with Crippen LogP contribution in [0.1, 0.15) is 32.1 Å². The first kappa shape index (κ1) is 15.7. The van der Waals surface area contributed by atoms with Crippen LogP contribution in [0.25, 0.3) is 10.2 Å². The number of rotatable bonds is 4. The molecule has 1 N–H and O–H groups in total. The highest BCUT2D eigenvalue weighted by Crippen LogP contribution is 2.32. The maximum Gasteiger partial charge on any atom is 0.223 e. The Bertz CT molecular complexity index is 733. The SMILES string of the molecule is COc1ccc2sc(N3CCC(NC(=O)C4CCC4)CC3)nc2c1. The number of benzene rings is 1. The summed E-state index contributed by atoms with van der Waals surface area (Å²) in [6.07, 6.45) is 5.34. The number of fused-ring (bicyclic) bond motifs is 1. The molecule has 1 aliphatic carbocycles. The molecule has 6 heteroatoms. The molecule has 1 amide bonds. The molecule has 0 spiro atoms. The standard InChI is InChI=1S/C18H23N3O2S/c1-23-14-5-6-16-15(11-14)20-18(24-16)21-9-7-13(8-10-21)19-17(22)12-3-2-4-12/h5-6,11-13H,2-4,7-10H2,1H3,(H,19,22). The van der Waals surface area contributed by atoms with E-state index in [1.165, 1.54) is 11.1 Å². The van der Waals surface area contributed by atoms with Gasteiger partial charge in [0.15, 0.2) is 5.13 Å². The Morgan fingerprint density at radius 3 is 2.75 bits per heavy atom. The number of hydrogen-bond acceptors (Lipinski definition) is 5. The van der Waals surface area contributed by atoms with Gasteiger partial charge in [0.05, 0.1) is 17.3 Å². The molecule has 0 unspecified atom stereocenters. The largest absolute Gasteiger partial charge is 0.497 e. The Kier molecular flexibility index (Phi) is 4.31. The number of thiazole rings is 1. The number of carbonyl (C=O) groups is 1. The summed E-state index contributed by atoms with van der Waals surface area (Å²) in [4.78, 5) is 19.2. The normalized spacial score (nSPS) is 19.3. The van der Waals surface area contributed by atoms with E-state index >= 15 is 0 Å². The summed E-state index contributed by atoms with van der Waals surface area (Å²) in [7, 11) is 1.68. The maximum absolute atomic E-state index is 12.1. The van der Waals surface area contributed by atoms with Crippen molar-refractivity contribution < 1.29 is 9.53 Å². The smallest absolute Gasteiger partial charge is 0.223 e. The summed E-state index contributed by atoms with van der Waals surface area (Å²) in [5.41, 5.74) is 0.995. The van der Waals surface area contributed by atoms with Crippen LogP contribution in [-0.2, 0) is 4.79 Å². The molecule has 1 aromatic carbocycles. The molecule has 5 nitrogen and oxygen atoms in total. The van der Waals surface area contributed by atoms with Gasteiger partial charge in [-0.3, -0.25) is 4.79 Å². The first-order valence-corrected chi connectivity index (χ1v) is 9.54. The number of hydrogen-bond donors (Lipinski definition) is 1. The molecule has 2 heterocycles. The van der Waals surface area contributed by atoms with Crippen molar-refractivity contribution in [2.24, 2.45) is 5.92 Å². The molecule has 0 atom stereocenters. The van der Waals surface area contributed by atoms with Crippen molar-refractivity contribution >= 4 is 32.6 Å². The van der Waals surface area contributed by atoms with E-state index in [0.29, 0.717) is 6.04 Å². The molecule has 2 aliphatic rings. The van der Waals surface area contributed by atoms with E-state index in [4.69, 9.17) is 9.72 Å². The Morgan fingerprint density at radius 1 is 1.29 bits per heavy atom. The summed E-state index contributed by atoms with van der Waals surface area (Å²) in [5, 5.41) is 4.31. The van der Waals surface area contributed by atoms with E-state index in [-0.39, 0.29) is 11.8 Å². The monoisotopic (exact) mass is 345 g/mol. The third-order valence-corrected chi connectivity index (χ3v) is 6.27. The maximum atomic E-state index is 12.1. The zero-order valence-electron chi connectivity index (χ0n) is 14.0. The Balaban J connectivity index is 1.37. The number of aromatic nitrogens is 1. The van der Waals surface area contributed by atoms with Crippen LogP contribution in [0.4, 0.5) is 5.13 Å². The molecule has 0 radical (unpaired) electrons. The van der Waals surface area contributed by atoms with Crippen molar-refractivity contribution in [3.8, 4) is 5.75 Å². The minimum Gasteiger partial charge on any atom is -0.497 e. The van der Waals surface area contributed by atoms with Crippen LogP contribution < -0.4 is 15.0 Å². The summed E-state index contributed by atoms with van der Waals surface area (Å²) >= 11 is 1.73. The van der Waals surface area contributed by atoms with E-state index in [1.807, 2.05) is 12.1 Å². The van der Waals surface area contributed by atoms with Crippen LogP contribution >= 0.6 is 11.3 Å². The molecule has 24 heavy (non-hydrogen) atoms. The van der Waals surface area contributed by atoms with E-state index in [1.54, 1.807) is 18.4 Å². The number of amides is 1. The second kappa shape index (κ2) is 6.59. The molecular weight excluding hydrogens is 322 g/mol. The Morgan fingerprint density at radius 2 is 2.08 bits per heavy atom. The van der Waals surface area contributed by atoms with Gasteiger partial charge in [0, 0.05) is 31.1 Å². The van der Waals surface area contributed by atoms with Gasteiger partial charge in [-0.05, 0) is 37.8 Å². The minimum absolute atomic E-state index is 0.270. The lowest BCUT2D eigenvalue weighted by atomic mass is 9.84. The zero-order chi connectivity index (χ0) is 16.5. The molecule has 128 valence electrons. The van der Waals surface area contributed by atoms with Crippen LogP contribution in [-0.4, -0.2) is 37.1 Å². The molecule has 1 aliphatic heterocycles. The molecule has 0 bridgehead atoms. The lowest BCUT2D eigenvalue weighted by molar-refractivity contribution is -0.128. The highest BCUT2D eigenvalue weighted by molar-refractivity contribution is 7.22. The van der Waals surface area contributed by atoms with Gasteiger partial charge in [-0.15, -0.1) is 0 Å². The number of carbonyl (C=O) groups excluding carboxylic acids is 1. The van der Waals surface area contributed by atoms with Crippen molar-refractivity contribution in [2.45, 2.75) is 38.1 Å². The number of nitrogens with one attached hydrogen (secondary N) is 1. The fourth-order valence-corrected chi connectivity index (χ4v) is 4.36. The number of nitrogens with zero attached hydrogens (tertiary/aromatic N) is 2. The summed E-state index contributed by atoms with van der Waals surface area (Å²) in [5.74, 6) is 1.39. The number of piperidine rings is 1. The lowest BCUT2D eigenvalue weighted by Gasteiger charge is -2.34. The van der Waals surface area contributed by atoms with E-state index in [0.717, 1.165) is 55.2 Å². The highest BCUT2D eigenvalue weighted by atomic mass is 32.1. The van der Waals surface area contributed by atoms with E-state index < -0.39 is 0 Å². The van der Waals surface area contributed by atoms with Crippen LogP contribution in [0.5, 0.6) is 5.75 Å². The Hall–Kier alpha value is -1.82. The van der Waals surface area contributed by atoms with Gasteiger partial charge in [-0.1, -0.05) is 17.8 Å². The quantitative estimate of drug-likeness (QED) is 0.925. The first-order chi connectivity index (χ1) is 11.7.